The van der Waals surface area contributed by atoms with E-state index in [-0.39, 0.29) is 0 Å². The van der Waals surface area contributed by atoms with Gasteiger partial charge >= 0.3 is 0 Å². The lowest BCUT2D eigenvalue weighted by molar-refractivity contribution is 0.218. The van der Waals surface area contributed by atoms with E-state index in [0.29, 0.717) is 6.61 Å². The van der Waals surface area contributed by atoms with Crippen molar-refractivity contribution in [3.8, 4) is 5.75 Å². The summed E-state index contributed by atoms with van der Waals surface area (Å²) in [4.78, 5) is 0. The Hall–Kier alpha value is -1.74. The molecule has 0 spiro atoms. The number of aliphatic hydroxyl groups is 1. The summed E-state index contributed by atoms with van der Waals surface area (Å²) in [6.07, 6.45) is 0.937. The quantitative estimate of drug-likeness (QED) is 0.880. The maximum atomic E-state index is 10.2. The SMILES string of the molecule is CCOc1ccc(C(O)c2ccoc2C)cc1. The van der Waals surface area contributed by atoms with E-state index in [1.165, 1.54) is 0 Å². The van der Waals surface area contributed by atoms with E-state index >= 15 is 0 Å². The number of aryl methyl sites for hydroxylation is 1. The number of ether oxygens (including phenoxy) is 1. The van der Waals surface area contributed by atoms with Crippen LogP contribution in [-0.2, 0) is 0 Å². The first-order valence-electron chi connectivity index (χ1n) is 5.67. The van der Waals surface area contributed by atoms with Crippen molar-refractivity contribution in [2.24, 2.45) is 0 Å². The molecule has 0 saturated heterocycles. The summed E-state index contributed by atoms with van der Waals surface area (Å²) < 4.78 is 10.5. The van der Waals surface area contributed by atoms with Gasteiger partial charge in [-0.15, -0.1) is 0 Å². The molecule has 0 saturated carbocycles. The average Bonchev–Trinajstić information content (AvgIpc) is 2.76. The molecule has 1 heterocycles. The predicted molar refractivity (Wildman–Crippen MR) is 65.1 cm³/mol. The Morgan fingerprint density at radius 1 is 1.24 bits per heavy atom. The normalized spacial score (nSPS) is 12.4. The molecule has 3 nitrogen and oxygen atoms in total. The summed E-state index contributed by atoms with van der Waals surface area (Å²) in [6.45, 7) is 4.42. The third-order valence-corrected chi connectivity index (χ3v) is 2.70. The van der Waals surface area contributed by atoms with Gasteiger partial charge in [0.15, 0.2) is 0 Å². The summed E-state index contributed by atoms with van der Waals surface area (Å²) in [6, 6.07) is 9.23. The van der Waals surface area contributed by atoms with Gasteiger partial charge in [0, 0.05) is 5.56 Å². The van der Waals surface area contributed by atoms with E-state index in [0.717, 1.165) is 22.6 Å². The molecule has 90 valence electrons. The lowest BCUT2D eigenvalue weighted by Gasteiger charge is -2.11. The lowest BCUT2D eigenvalue weighted by Crippen LogP contribution is -2.00. The molecule has 2 aromatic rings. The first-order chi connectivity index (χ1) is 8.22. The summed E-state index contributed by atoms with van der Waals surface area (Å²) in [5, 5.41) is 10.2. The van der Waals surface area contributed by atoms with Crippen LogP contribution in [0.2, 0.25) is 0 Å². The maximum Gasteiger partial charge on any atom is 0.119 e. The molecule has 1 aromatic heterocycles. The molecule has 0 aliphatic rings. The summed E-state index contributed by atoms with van der Waals surface area (Å²) in [5.74, 6) is 1.55. The Balaban J connectivity index is 2.20. The summed E-state index contributed by atoms with van der Waals surface area (Å²) in [7, 11) is 0. The minimum absolute atomic E-state index is 0.642. The van der Waals surface area contributed by atoms with Crippen molar-refractivity contribution in [1.29, 1.82) is 0 Å². The predicted octanol–water partition coefficient (Wildman–Crippen LogP) is 3.07. The molecule has 0 bridgehead atoms. The van der Waals surface area contributed by atoms with Crippen LogP contribution in [0.25, 0.3) is 0 Å². The molecular formula is C14H16O3. The van der Waals surface area contributed by atoms with Gasteiger partial charge in [-0.2, -0.15) is 0 Å². The fourth-order valence-corrected chi connectivity index (χ4v) is 1.77. The highest BCUT2D eigenvalue weighted by Crippen LogP contribution is 2.26. The summed E-state index contributed by atoms with van der Waals surface area (Å²) in [5.41, 5.74) is 1.63. The average molecular weight is 232 g/mol. The summed E-state index contributed by atoms with van der Waals surface area (Å²) >= 11 is 0. The van der Waals surface area contributed by atoms with Gasteiger partial charge < -0.3 is 14.3 Å². The van der Waals surface area contributed by atoms with Crippen LogP contribution in [0.1, 0.15) is 29.9 Å². The molecule has 0 fully saturated rings. The van der Waals surface area contributed by atoms with Gasteiger partial charge in [-0.05, 0) is 37.6 Å². The first-order valence-corrected chi connectivity index (χ1v) is 5.67. The molecule has 0 amide bonds. The zero-order valence-corrected chi connectivity index (χ0v) is 10.0. The largest absolute Gasteiger partial charge is 0.494 e. The van der Waals surface area contributed by atoms with Crippen LogP contribution >= 0.6 is 0 Å². The van der Waals surface area contributed by atoms with Crippen LogP contribution in [0.15, 0.2) is 41.0 Å². The Kier molecular flexibility index (Phi) is 3.49. The van der Waals surface area contributed by atoms with Crippen molar-refractivity contribution in [2.75, 3.05) is 6.61 Å². The second-order valence-corrected chi connectivity index (χ2v) is 3.84. The van der Waals surface area contributed by atoms with E-state index in [9.17, 15) is 5.11 Å². The van der Waals surface area contributed by atoms with Crippen LogP contribution < -0.4 is 4.74 Å². The highest BCUT2D eigenvalue weighted by molar-refractivity contribution is 5.34. The second-order valence-electron chi connectivity index (χ2n) is 3.84. The minimum atomic E-state index is -0.649. The lowest BCUT2D eigenvalue weighted by atomic mass is 10.0. The van der Waals surface area contributed by atoms with Crippen LogP contribution in [0.4, 0.5) is 0 Å². The number of aliphatic hydroxyl groups excluding tert-OH is 1. The molecule has 0 aliphatic heterocycles. The van der Waals surface area contributed by atoms with E-state index in [1.54, 1.807) is 12.3 Å². The zero-order valence-electron chi connectivity index (χ0n) is 10.0. The Labute approximate surface area is 101 Å². The van der Waals surface area contributed by atoms with Crippen molar-refractivity contribution in [1.82, 2.24) is 0 Å². The van der Waals surface area contributed by atoms with Crippen molar-refractivity contribution in [3.63, 3.8) is 0 Å². The van der Waals surface area contributed by atoms with Crippen LogP contribution in [-0.4, -0.2) is 11.7 Å². The molecule has 17 heavy (non-hydrogen) atoms. The molecular weight excluding hydrogens is 216 g/mol. The maximum absolute atomic E-state index is 10.2. The van der Waals surface area contributed by atoms with Gasteiger partial charge in [0.05, 0.1) is 12.9 Å². The van der Waals surface area contributed by atoms with Crippen molar-refractivity contribution in [2.45, 2.75) is 20.0 Å². The molecule has 0 radical (unpaired) electrons. The van der Waals surface area contributed by atoms with Gasteiger partial charge in [-0.3, -0.25) is 0 Å². The topological polar surface area (TPSA) is 42.6 Å². The number of hydrogen-bond acceptors (Lipinski definition) is 3. The van der Waals surface area contributed by atoms with Crippen LogP contribution in [0.3, 0.4) is 0 Å². The van der Waals surface area contributed by atoms with Crippen LogP contribution in [0.5, 0.6) is 5.75 Å². The molecule has 1 aromatic carbocycles. The standard InChI is InChI=1S/C14H16O3/c1-3-16-12-6-4-11(5-7-12)14(15)13-8-9-17-10(13)2/h4-9,14-15H,3H2,1-2H3. The Morgan fingerprint density at radius 2 is 1.94 bits per heavy atom. The first kappa shape index (κ1) is 11.7. The van der Waals surface area contributed by atoms with Gasteiger partial charge in [0.1, 0.15) is 17.6 Å². The Morgan fingerprint density at radius 3 is 2.47 bits per heavy atom. The fraction of sp³-hybridized carbons (Fsp3) is 0.286. The smallest absolute Gasteiger partial charge is 0.119 e. The third kappa shape index (κ3) is 2.50. The van der Waals surface area contributed by atoms with E-state index in [1.807, 2.05) is 38.1 Å². The zero-order chi connectivity index (χ0) is 12.3. The van der Waals surface area contributed by atoms with E-state index in [2.05, 4.69) is 0 Å². The number of hydrogen-bond donors (Lipinski definition) is 1. The number of rotatable bonds is 4. The van der Waals surface area contributed by atoms with Crippen molar-refractivity contribution < 1.29 is 14.3 Å². The molecule has 3 heteroatoms. The van der Waals surface area contributed by atoms with Crippen molar-refractivity contribution in [3.05, 3.63) is 53.5 Å². The molecule has 0 aliphatic carbocycles. The number of benzene rings is 1. The Bertz CT molecular complexity index is 470. The highest BCUT2D eigenvalue weighted by Gasteiger charge is 2.14. The molecule has 1 unspecified atom stereocenters. The van der Waals surface area contributed by atoms with Gasteiger partial charge in [0.2, 0.25) is 0 Å². The fourth-order valence-electron chi connectivity index (χ4n) is 1.77. The third-order valence-electron chi connectivity index (χ3n) is 2.70. The van der Waals surface area contributed by atoms with Gasteiger partial charge in [-0.25, -0.2) is 0 Å². The van der Waals surface area contributed by atoms with Crippen LogP contribution in [0, 0.1) is 6.92 Å². The second kappa shape index (κ2) is 5.06. The highest BCUT2D eigenvalue weighted by atomic mass is 16.5. The molecule has 2 rings (SSSR count). The van der Waals surface area contributed by atoms with Crippen molar-refractivity contribution >= 4 is 0 Å². The van der Waals surface area contributed by atoms with E-state index in [4.69, 9.17) is 9.15 Å². The minimum Gasteiger partial charge on any atom is -0.494 e. The molecule has 1 atom stereocenters. The van der Waals surface area contributed by atoms with E-state index < -0.39 is 6.10 Å². The van der Waals surface area contributed by atoms with Gasteiger partial charge in [-0.1, -0.05) is 12.1 Å². The molecule has 1 N–H and O–H groups in total. The number of furan rings is 1. The monoisotopic (exact) mass is 232 g/mol. The van der Waals surface area contributed by atoms with Gasteiger partial charge in [0.25, 0.3) is 0 Å².